The Morgan fingerprint density at radius 1 is 1.19 bits per heavy atom. The first-order valence-corrected chi connectivity index (χ1v) is 11.2. The number of rotatable bonds is 9. The number of nitrogens with one attached hydrogen (secondary N) is 1. The van der Waals surface area contributed by atoms with Gasteiger partial charge < -0.3 is 30.0 Å². The molecule has 0 saturated carbocycles. The van der Waals surface area contributed by atoms with Gasteiger partial charge in [-0.25, -0.2) is 15.0 Å². The van der Waals surface area contributed by atoms with Gasteiger partial charge in [0.25, 0.3) is 0 Å². The van der Waals surface area contributed by atoms with Gasteiger partial charge >= 0.3 is 0 Å². The minimum absolute atomic E-state index is 0.239. The maximum Gasteiger partial charge on any atom is 0.231 e. The van der Waals surface area contributed by atoms with E-state index >= 15 is 0 Å². The Balaban J connectivity index is 1.65. The molecule has 3 heterocycles. The van der Waals surface area contributed by atoms with E-state index in [0.29, 0.717) is 17.3 Å². The van der Waals surface area contributed by atoms with Gasteiger partial charge in [-0.1, -0.05) is 13.8 Å². The maximum absolute atomic E-state index is 6.10. The van der Waals surface area contributed by atoms with Crippen molar-refractivity contribution in [3.8, 4) is 11.5 Å². The van der Waals surface area contributed by atoms with E-state index in [-0.39, 0.29) is 6.79 Å². The van der Waals surface area contributed by atoms with Crippen LogP contribution in [0.1, 0.15) is 20.3 Å². The summed E-state index contributed by atoms with van der Waals surface area (Å²) in [5.41, 5.74) is 8.49. The van der Waals surface area contributed by atoms with Crippen molar-refractivity contribution in [1.29, 1.82) is 0 Å². The summed E-state index contributed by atoms with van der Waals surface area (Å²) < 4.78 is 13.3. The SMILES string of the molecule is CC(C)CCNCCn1c(Sc2cc3c(cc2N(C)C)OCO3)nc2c(N)ncnc21. The average Bonchev–Trinajstić information content (AvgIpc) is 3.32. The molecule has 1 aliphatic heterocycles. The highest BCUT2D eigenvalue weighted by Gasteiger charge is 2.22. The minimum atomic E-state index is 0.239. The monoisotopic (exact) mass is 443 g/mol. The zero-order chi connectivity index (χ0) is 22.0. The molecule has 31 heavy (non-hydrogen) atoms. The van der Waals surface area contributed by atoms with Gasteiger partial charge in [0.2, 0.25) is 6.79 Å². The standard InChI is InChI=1S/C21H29N7O2S/c1-13(2)5-6-23-7-8-28-20-18(19(22)24-11-25-20)26-21(28)31-17-10-16-15(29-12-30-16)9-14(17)27(3)4/h9-11,13,23H,5-8,12H2,1-4H3,(H2,22,24,25). The van der Waals surface area contributed by atoms with Gasteiger partial charge in [0.05, 0.1) is 5.69 Å². The molecule has 9 nitrogen and oxygen atoms in total. The van der Waals surface area contributed by atoms with Crippen LogP contribution in [0.15, 0.2) is 28.5 Å². The van der Waals surface area contributed by atoms with Crippen LogP contribution in [0.2, 0.25) is 0 Å². The lowest BCUT2D eigenvalue weighted by atomic mass is 10.1. The molecule has 0 aliphatic carbocycles. The summed E-state index contributed by atoms with van der Waals surface area (Å²) in [4.78, 5) is 16.4. The normalized spacial score (nSPS) is 12.8. The van der Waals surface area contributed by atoms with Crippen LogP contribution < -0.4 is 25.4 Å². The number of anilines is 2. The Bertz CT molecular complexity index is 1070. The van der Waals surface area contributed by atoms with Crippen LogP contribution in [0.5, 0.6) is 11.5 Å². The Morgan fingerprint density at radius 2 is 1.97 bits per heavy atom. The lowest BCUT2D eigenvalue weighted by Crippen LogP contribution is -2.22. The number of aromatic nitrogens is 4. The van der Waals surface area contributed by atoms with Gasteiger partial charge in [0, 0.05) is 44.2 Å². The molecule has 3 aromatic rings. The van der Waals surface area contributed by atoms with E-state index in [1.807, 2.05) is 26.2 Å². The molecule has 0 fully saturated rings. The highest BCUT2D eigenvalue weighted by atomic mass is 32.2. The highest BCUT2D eigenvalue weighted by Crippen LogP contribution is 2.44. The average molecular weight is 444 g/mol. The van der Waals surface area contributed by atoms with Crippen LogP contribution in [0.4, 0.5) is 11.5 Å². The Morgan fingerprint density at radius 3 is 2.71 bits per heavy atom. The smallest absolute Gasteiger partial charge is 0.231 e. The predicted octanol–water partition coefficient (Wildman–Crippen LogP) is 2.99. The van der Waals surface area contributed by atoms with Crippen LogP contribution >= 0.6 is 11.8 Å². The molecule has 166 valence electrons. The first-order chi connectivity index (χ1) is 14.9. The van der Waals surface area contributed by atoms with Crippen molar-refractivity contribution in [2.75, 3.05) is 44.6 Å². The molecule has 2 aromatic heterocycles. The number of benzene rings is 1. The van der Waals surface area contributed by atoms with Gasteiger partial charge in [-0.3, -0.25) is 0 Å². The molecule has 4 rings (SSSR count). The third-order valence-electron chi connectivity index (χ3n) is 5.07. The third-order valence-corrected chi connectivity index (χ3v) is 6.11. The zero-order valence-electron chi connectivity index (χ0n) is 18.4. The van der Waals surface area contributed by atoms with Gasteiger partial charge in [0.1, 0.15) is 6.33 Å². The van der Waals surface area contributed by atoms with Crippen LogP contribution in [0.25, 0.3) is 11.2 Å². The number of hydrogen-bond donors (Lipinski definition) is 2. The van der Waals surface area contributed by atoms with Crippen molar-refractivity contribution in [2.45, 2.75) is 36.9 Å². The number of nitrogen functional groups attached to an aromatic ring is 1. The topological polar surface area (TPSA) is 103 Å². The highest BCUT2D eigenvalue weighted by molar-refractivity contribution is 7.99. The molecule has 3 N–H and O–H groups in total. The molecular weight excluding hydrogens is 414 g/mol. The summed E-state index contributed by atoms with van der Waals surface area (Å²) in [5.74, 6) is 2.56. The summed E-state index contributed by atoms with van der Waals surface area (Å²) in [6.07, 6.45) is 2.63. The second-order valence-corrected chi connectivity index (χ2v) is 9.09. The summed E-state index contributed by atoms with van der Waals surface area (Å²) in [6.45, 7) is 7.23. The van der Waals surface area contributed by atoms with Crippen molar-refractivity contribution in [3.05, 3.63) is 18.5 Å². The Kier molecular flexibility index (Phi) is 6.38. The van der Waals surface area contributed by atoms with E-state index in [9.17, 15) is 0 Å². The van der Waals surface area contributed by atoms with Gasteiger partial charge in [-0.2, -0.15) is 0 Å². The van der Waals surface area contributed by atoms with Crippen molar-refractivity contribution < 1.29 is 9.47 Å². The quantitative estimate of drug-likeness (QED) is 0.483. The second-order valence-electron chi connectivity index (χ2n) is 8.08. The van der Waals surface area contributed by atoms with Crippen molar-refractivity contribution in [1.82, 2.24) is 24.8 Å². The number of nitrogens with zero attached hydrogens (tertiary/aromatic N) is 5. The van der Waals surface area contributed by atoms with E-state index in [1.165, 1.54) is 6.33 Å². The van der Waals surface area contributed by atoms with E-state index < -0.39 is 0 Å². The molecule has 1 aromatic carbocycles. The molecule has 10 heteroatoms. The van der Waals surface area contributed by atoms with Crippen LogP contribution in [0, 0.1) is 5.92 Å². The number of imidazole rings is 1. The lowest BCUT2D eigenvalue weighted by Gasteiger charge is -2.18. The largest absolute Gasteiger partial charge is 0.454 e. The molecule has 0 spiro atoms. The molecule has 0 atom stereocenters. The molecular formula is C21H29N7O2S. The number of fused-ring (bicyclic) bond motifs is 2. The summed E-state index contributed by atoms with van der Waals surface area (Å²) in [6, 6.07) is 4.00. The van der Waals surface area contributed by atoms with Gasteiger partial charge in [0.15, 0.2) is 33.6 Å². The Labute approximate surface area is 186 Å². The third kappa shape index (κ3) is 4.64. The van der Waals surface area contributed by atoms with E-state index in [4.69, 9.17) is 20.2 Å². The summed E-state index contributed by atoms with van der Waals surface area (Å²) >= 11 is 1.56. The second kappa shape index (κ2) is 9.19. The number of ether oxygens (including phenoxy) is 2. The zero-order valence-corrected chi connectivity index (χ0v) is 19.2. The predicted molar refractivity (Wildman–Crippen MR) is 123 cm³/mol. The first-order valence-electron chi connectivity index (χ1n) is 10.4. The molecule has 0 radical (unpaired) electrons. The fourth-order valence-electron chi connectivity index (χ4n) is 3.36. The first kappa shape index (κ1) is 21.5. The molecule has 0 amide bonds. The van der Waals surface area contributed by atoms with E-state index in [0.717, 1.165) is 58.9 Å². The van der Waals surface area contributed by atoms with Crippen molar-refractivity contribution >= 4 is 34.4 Å². The summed E-state index contributed by atoms with van der Waals surface area (Å²) in [5, 5.41) is 4.33. The fourth-order valence-corrected chi connectivity index (χ4v) is 4.50. The maximum atomic E-state index is 6.10. The molecule has 0 saturated heterocycles. The summed E-state index contributed by atoms with van der Waals surface area (Å²) in [7, 11) is 4.01. The van der Waals surface area contributed by atoms with Crippen molar-refractivity contribution in [2.24, 2.45) is 5.92 Å². The molecule has 0 bridgehead atoms. The minimum Gasteiger partial charge on any atom is -0.454 e. The van der Waals surface area contributed by atoms with Gasteiger partial charge in [-0.15, -0.1) is 0 Å². The number of nitrogens with two attached hydrogens (primary N) is 1. The van der Waals surface area contributed by atoms with E-state index in [1.54, 1.807) is 11.8 Å². The Hall–Kier alpha value is -2.72. The number of hydrogen-bond acceptors (Lipinski definition) is 9. The van der Waals surface area contributed by atoms with Crippen LogP contribution in [0.3, 0.4) is 0 Å². The van der Waals surface area contributed by atoms with E-state index in [2.05, 4.69) is 38.6 Å². The lowest BCUT2D eigenvalue weighted by molar-refractivity contribution is 0.174. The fraction of sp³-hybridized carbons (Fsp3) is 0.476. The van der Waals surface area contributed by atoms with Crippen LogP contribution in [-0.2, 0) is 6.54 Å². The van der Waals surface area contributed by atoms with Crippen molar-refractivity contribution in [3.63, 3.8) is 0 Å². The molecule has 1 aliphatic rings. The molecule has 0 unspecified atom stereocenters. The van der Waals surface area contributed by atoms with Crippen LogP contribution in [-0.4, -0.2) is 53.5 Å². The van der Waals surface area contributed by atoms with Gasteiger partial charge in [-0.05, 0) is 30.6 Å².